The number of nitro benzene ring substituents is 1. The minimum Gasteiger partial charge on any atom is -0.480 e. The number of fused-ring (bicyclic) bond motifs is 1. The van der Waals surface area contributed by atoms with Gasteiger partial charge in [-0.05, 0) is 61.2 Å². The highest BCUT2D eigenvalue weighted by Crippen LogP contribution is 2.21. The van der Waals surface area contributed by atoms with Crippen molar-refractivity contribution in [1.82, 2.24) is 10.3 Å². The summed E-state index contributed by atoms with van der Waals surface area (Å²) in [5.41, 5.74) is 8.43. The molecule has 264 valence electrons. The van der Waals surface area contributed by atoms with E-state index in [4.69, 9.17) is 20.3 Å². The Balaban J connectivity index is 0.000000531. The van der Waals surface area contributed by atoms with E-state index in [1.807, 2.05) is 82.3 Å². The van der Waals surface area contributed by atoms with Gasteiger partial charge in [0.15, 0.2) is 0 Å². The molecule has 0 aliphatic carbocycles. The number of benzene rings is 3. The molecule has 13 nitrogen and oxygen atoms in total. The van der Waals surface area contributed by atoms with Gasteiger partial charge in [-0.1, -0.05) is 76.2 Å². The van der Waals surface area contributed by atoms with Gasteiger partial charge in [0.05, 0.1) is 22.7 Å². The SMILES string of the molecule is CC.CC.NCCCCC(NC(=O)OCc1ccccc1)C(=O)Nc1cccc2cccnc12.O=C(O)COCc1ccc([N+](=O)[O-])cc1. The Hall–Kier alpha value is -5.40. The summed E-state index contributed by atoms with van der Waals surface area (Å²) < 4.78 is 10.1. The molecular weight excluding hydrogens is 630 g/mol. The molecule has 4 aromatic rings. The van der Waals surface area contributed by atoms with Crippen molar-refractivity contribution in [3.05, 3.63) is 112 Å². The third kappa shape index (κ3) is 16.3. The third-order valence-electron chi connectivity index (χ3n) is 6.30. The van der Waals surface area contributed by atoms with E-state index in [1.54, 1.807) is 12.3 Å². The average molecular weight is 678 g/mol. The maximum absolute atomic E-state index is 12.9. The van der Waals surface area contributed by atoms with Gasteiger partial charge in [-0.3, -0.25) is 19.9 Å². The summed E-state index contributed by atoms with van der Waals surface area (Å²) in [7, 11) is 0. The number of nitrogens with two attached hydrogens (primary N) is 1. The summed E-state index contributed by atoms with van der Waals surface area (Å²) in [5, 5.41) is 25.1. The number of alkyl carbamates (subject to hydrolysis) is 1. The first-order chi connectivity index (χ1) is 23.8. The zero-order chi connectivity index (χ0) is 36.4. The van der Waals surface area contributed by atoms with Crippen molar-refractivity contribution in [2.24, 2.45) is 5.73 Å². The summed E-state index contributed by atoms with van der Waals surface area (Å²) in [5.74, 6) is -1.36. The first kappa shape index (κ1) is 41.6. The third-order valence-corrected chi connectivity index (χ3v) is 6.30. The Morgan fingerprint density at radius 3 is 2.16 bits per heavy atom. The molecule has 1 unspecified atom stereocenters. The monoisotopic (exact) mass is 677 g/mol. The molecular formula is C36H47N5O8. The van der Waals surface area contributed by atoms with Gasteiger partial charge in [-0.25, -0.2) is 9.59 Å². The second-order valence-electron chi connectivity index (χ2n) is 9.72. The summed E-state index contributed by atoms with van der Waals surface area (Å²) in [6.07, 6.45) is 2.97. The maximum atomic E-state index is 12.9. The van der Waals surface area contributed by atoms with E-state index in [2.05, 4.69) is 15.6 Å². The number of rotatable bonds is 14. The first-order valence-electron chi connectivity index (χ1n) is 16.1. The van der Waals surface area contributed by atoms with Crippen LogP contribution in [0, 0.1) is 10.1 Å². The van der Waals surface area contributed by atoms with Crippen molar-refractivity contribution in [2.75, 3.05) is 18.5 Å². The number of carboxylic acids is 1. The number of nitro groups is 1. The van der Waals surface area contributed by atoms with Crippen LogP contribution in [0.25, 0.3) is 10.9 Å². The number of carbonyl (C=O) groups excluding carboxylic acids is 2. The molecule has 1 atom stereocenters. The molecule has 0 radical (unpaired) electrons. The fourth-order valence-electron chi connectivity index (χ4n) is 4.06. The van der Waals surface area contributed by atoms with Crippen LogP contribution in [-0.2, 0) is 32.3 Å². The van der Waals surface area contributed by atoms with Crippen LogP contribution < -0.4 is 16.4 Å². The van der Waals surface area contributed by atoms with Gasteiger partial charge in [0.2, 0.25) is 5.91 Å². The molecule has 0 fully saturated rings. The predicted molar refractivity (Wildman–Crippen MR) is 190 cm³/mol. The average Bonchev–Trinajstić information content (AvgIpc) is 3.13. The maximum Gasteiger partial charge on any atom is 0.408 e. The number of amides is 2. The number of ether oxygens (including phenoxy) is 2. The number of carbonyl (C=O) groups is 3. The number of aliphatic carboxylic acids is 1. The first-order valence-corrected chi connectivity index (χ1v) is 16.1. The van der Waals surface area contributed by atoms with Crippen molar-refractivity contribution >= 4 is 40.2 Å². The lowest BCUT2D eigenvalue weighted by molar-refractivity contribution is -0.384. The molecule has 4 rings (SSSR count). The molecule has 0 aliphatic rings. The van der Waals surface area contributed by atoms with E-state index in [-0.39, 0.29) is 31.4 Å². The zero-order valence-electron chi connectivity index (χ0n) is 28.5. The molecule has 3 aromatic carbocycles. The Morgan fingerprint density at radius 2 is 1.53 bits per heavy atom. The van der Waals surface area contributed by atoms with Crippen LogP contribution >= 0.6 is 0 Å². The molecule has 1 aromatic heterocycles. The Morgan fingerprint density at radius 1 is 0.878 bits per heavy atom. The number of unbranched alkanes of at least 4 members (excludes halogenated alkanes) is 1. The lowest BCUT2D eigenvalue weighted by atomic mass is 10.1. The van der Waals surface area contributed by atoms with E-state index < -0.39 is 23.0 Å². The van der Waals surface area contributed by atoms with Gasteiger partial charge in [-0.15, -0.1) is 0 Å². The number of pyridine rings is 1. The van der Waals surface area contributed by atoms with Gasteiger partial charge in [-0.2, -0.15) is 0 Å². The van der Waals surface area contributed by atoms with Crippen LogP contribution in [0.15, 0.2) is 91.1 Å². The molecule has 1 heterocycles. The fourth-order valence-corrected chi connectivity index (χ4v) is 4.06. The van der Waals surface area contributed by atoms with Gasteiger partial charge < -0.3 is 30.9 Å². The lowest BCUT2D eigenvalue weighted by Crippen LogP contribution is -2.44. The number of nitrogens with zero attached hydrogens (tertiary/aromatic N) is 2. The van der Waals surface area contributed by atoms with Gasteiger partial charge in [0.25, 0.3) is 5.69 Å². The number of para-hydroxylation sites is 1. The molecule has 0 saturated carbocycles. The van der Waals surface area contributed by atoms with E-state index in [9.17, 15) is 24.5 Å². The highest BCUT2D eigenvalue weighted by atomic mass is 16.6. The van der Waals surface area contributed by atoms with Crippen molar-refractivity contribution in [2.45, 2.75) is 66.2 Å². The van der Waals surface area contributed by atoms with Crippen molar-refractivity contribution < 1.29 is 33.9 Å². The number of anilines is 1. The summed E-state index contributed by atoms with van der Waals surface area (Å²) >= 11 is 0. The molecule has 0 spiro atoms. The molecule has 0 aliphatic heterocycles. The summed E-state index contributed by atoms with van der Waals surface area (Å²) in [4.78, 5) is 49.5. The van der Waals surface area contributed by atoms with Crippen molar-refractivity contribution in [3.8, 4) is 0 Å². The van der Waals surface area contributed by atoms with E-state index in [0.717, 1.165) is 17.4 Å². The Bertz CT molecular complexity index is 1550. The number of non-ortho nitro benzene ring substituents is 1. The van der Waals surface area contributed by atoms with E-state index >= 15 is 0 Å². The topological polar surface area (TPSA) is 196 Å². The smallest absolute Gasteiger partial charge is 0.408 e. The number of carboxylic acid groups (broad SMARTS) is 1. The van der Waals surface area contributed by atoms with Crippen molar-refractivity contribution in [3.63, 3.8) is 0 Å². The van der Waals surface area contributed by atoms with Crippen LogP contribution in [0.3, 0.4) is 0 Å². The van der Waals surface area contributed by atoms with Gasteiger partial charge >= 0.3 is 12.1 Å². The number of hydrogen-bond acceptors (Lipinski definition) is 9. The van der Waals surface area contributed by atoms with E-state index in [1.165, 1.54) is 24.3 Å². The quantitative estimate of drug-likeness (QED) is 0.0623. The molecule has 0 saturated heterocycles. The second-order valence-corrected chi connectivity index (χ2v) is 9.72. The predicted octanol–water partition coefficient (Wildman–Crippen LogP) is 6.85. The number of hydrogen-bond donors (Lipinski definition) is 4. The normalized spacial score (nSPS) is 10.4. The Kier molecular flexibility index (Phi) is 21.0. The van der Waals surface area contributed by atoms with E-state index in [0.29, 0.717) is 36.2 Å². The highest BCUT2D eigenvalue weighted by molar-refractivity contribution is 6.03. The molecule has 0 bridgehead atoms. The summed E-state index contributed by atoms with van der Waals surface area (Å²) in [6.45, 7) is 8.42. The standard InChI is InChI=1S/C23H26N4O3.C9H9NO5.2C2H6/c24-14-5-4-12-20(27-23(29)30-16-17-8-2-1-3-9-17)22(28)26-19-13-6-10-18-11-7-15-25-21(18)19;11-9(12)6-15-5-7-1-3-8(4-2-7)10(13)14;2*1-2/h1-3,6-11,13,15,20H,4-5,12,14,16,24H2,(H,26,28)(H,27,29);1-4H,5-6H2,(H,11,12);2*1-2H3. The van der Waals surface area contributed by atoms with Crippen LogP contribution in [0.4, 0.5) is 16.2 Å². The van der Waals surface area contributed by atoms with Crippen LogP contribution in [0.2, 0.25) is 0 Å². The molecule has 2 amide bonds. The lowest BCUT2D eigenvalue weighted by Gasteiger charge is -2.19. The van der Waals surface area contributed by atoms with Crippen LogP contribution in [-0.4, -0.2) is 52.2 Å². The minimum absolute atomic E-state index is 0.00279. The fraction of sp³-hybridized carbons (Fsp3) is 0.333. The number of aromatic nitrogens is 1. The largest absolute Gasteiger partial charge is 0.480 e. The zero-order valence-corrected chi connectivity index (χ0v) is 28.5. The summed E-state index contributed by atoms with van der Waals surface area (Å²) in [6, 6.07) is 23.7. The van der Waals surface area contributed by atoms with Crippen LogP contribution in [0.1, 0.15) is 58.1 Å². The van der Waals surface area contributed by atoms with Gasteiger partial charge in [0.1, 0.15) is 19.3 Å². The molecule has 49 heavy (non-hydrogen) atoms. The minimum atomic E-state index is -1.04. The number of nitrogens with one attached hydrogen (secondary N) is 2. The molecule has 5 N–H and O–H groups in total. The van der Waals surface area contributed by atoms with Crippen molar-refractivity contribution in [1.29, 1.82) is 0 Å². The second kappa shape index (κ2) is 24.7. The van der Waals surface area contributed by atoms with Crippen LogP contribution in [0.5, 0.6) is 0 Å². The Labute approximate surface area is 287 Å². The van der Waals surface area contributed by atoms with Gasteiger partial charge in [0, 0.05) is 23.7 Å². The highest BCUT2D eigenvalue weighted by Gasteiger charge is 2.22. The molecule has 13 heteroatoms.